The van der Waals surface area contributed by atoms with E-state index in [4.69, 9.17) is 3.45 Å². The molecule has 1 atom stereocenters. The monoisotopic (exact) mass is 207 g/mol. The van der Waals surface area contributed by atoms with Crippen LogP contribution in [0.1, 0.15) is 0 Å². The zero-order valence-corrected chi connectivity index (χ0v) is 9.24. The van der Waals surface area contributed by atoms with Crippen molar-refractivity contribution in [3.8, 4) is 0 Å². The van der Waals surface area contributed by atoms with E-state index in [0.717, 1.165) is 0 Å². The van der Waals surface area contributed by atoms with E-state index in [0.29, 0.717) is 0 Å². The van der Waals surface area contributed by atoms with Gasteiger partial charge in [0.2, 0.25) is 0 Å². The fraction of sp³-hybridized carbons (Fsp3) is 0.600. The van der Waals surface area contributed by atoms with Gasteiger partial charge in [0, 0.05) is 0 Å². The van der Waals surface area contributed by atoms with Crippen LogP contribution in [-0.4, -0.2) is 28.0 Å². The molecule has 1 radical (unpaired) electrons. The van der Waals surface area contributed by atoms with Crippen LogP contribution in [0, 0.1) is 0 Å². The first-order chi connectivity index (χ1) is 3.98. The standard InChI is InChI=1S/C5H13GeO2Si/c1-5-9(4,7)8-6(2)3/h5,7H,1H2,2-4H3. The zero-order valence-electron chi connectivity index (χ0n) is 6.14. The van der Waals surface area contributed by atoms with E-state index in [1.165, 1.54) is 0 Å². The van der Waals surface area contributed by atoms with E-state index < -0.39 is 23.2 Å². The summed E-state index contributed by atoms with van der Waals surface area (Å²) >= 11 is -1.30. The van der Waals surface area contributed by atoms with Gasteiger partial charge in [-0.3, -0.25) is 0 Å². The molecule has 0 aliphatic carbocycles. The van der Waals surface area contributed by atoms with E-state index >= 15 is 0 Å². The SMILES string of the molecule is C=C[Si](C)(O)[O][Ge]([CH3])[CH3]. The minimum absolute atomic E-state index is 1.30. The molecule has 0 fully saturated rings. The molecule has 0 spiro atoms. The van der Waals surface area contributed by atoms with Crippen LogP contribution in [0.2, 0.25) is 18.1 Å². The molecule has 53 valence electrons. The molecule has 2 nitrogen and oxygen atoms in total. The Labute approximate surface area is 62.2 Å². The minimum atomic E-state index is -2.40. The Kier molecular flexibility index (Phi) is 3.72. The van der Waals surface area contributed by atoms with Gasteiger partial charge in [-0.2, -0.15) is 0 Å². The number of hydrogen-bond acceptors (Lipinski definition) is 2. The average Bonchev–Trinajstić information content (AvgIpc) is 1.63. The molecule has 0 bridgehead atoms. The summed E-state index contributed by atoms with van der Waals surface area (Å²) in [6.45, 7) is 5.23. The molecule has 0 rings (SSSR count). The second-order valence-corrected chi connectivity index (χ2v) is 10.1. The van der Waals surface area contributed by atoms with Gasteiger partial charge in [0.25, 0.3) is 0 Å². The van der Waals surface area contributed by atoms with E-state index in [-0.39, 0.29) is 0 Å². The molecule has 0 aromatic heterocycles. The van der Waals surface area contributed by atoms with Crippen molar-refractivity contribution in [2.75, 3.05) is 0 Å². The molecule has 0 saturated heterocycles. The third kappa shape index (κ3) is 4.89. The van der Waals surface area contributed by atoms with Gasteiger partial charge in [-0.25, -0.2) is 0 Å². The quantitative estimate of drug-likeness (QED) is 0.699. The van der Waals surface area contributed by atoms with Crippen LogP contribution in [0.3, 0.4) is 0 Å². The van der Waals surface area contributed by atoms with Crippen molar-refractivity contribution in [3.63, 3.8) is 0 Å². The molecule has 9 heavy (non-hydrogen) atoms. The molecule has 1 unspecified atom stereocenters. The molecule has 0 aliphatic heterocycles. The van der Waals surface area contributed by atoms with Crippen molar-refractivity contribution in [1.29, 1.82) is 0 Å². The predicted molar refractivity (Wildman–Crippen MR) is 42.6 cm³/mol. The number of hydrogen-bond donors (Lipinski definition) is 1. The van der Waals surface area contributed by atoms with Crippen LogP contribution in [0.15, 0.2) is 12.3 Å². The summed E-state index contributed by atoms with van der Waals surface area (Å²) in [6, 6.07) is 0. The molecule has 0 aromatic rings. The van der Waals surface area contributed by atoms with Gasteiger partial charge in [-0.1, -0.05) is 0 Å². The predicted octanol–water partition coefficient (Wildman–Crippen LogP) is 1.04. The van der Waals surface area contributed by atoms with Crippen LogP contribution in [0.25, 0.3) is 0 Å². The Morgan fingerprint density at radius 3 is 2.22 bits per heavy atom. The van der Waals surface area contributed by atoms with E-state index in [1.54, 1.807) is 12.2 Å². The summed E-state index contributed by atoms with van der Waals surface area (Å²) in [6.07, 6.45) is 0. The summed E-state index contributed by atoms with van der Waals surface area (Å²) in [4.78, 5) is 9.33. The summed E-state index contributed by atoms with van der Waals surface area (Å²) in [5, 5.41) is 0. The second kappa shape index (κ2) is 3.55. The third-order valence-corrected chi connectivity index (χ3v) is 7.54. The molecular formula is C5H13GeO2Si. The maximum absolute atomic E-state index is 9.33. The fourth-order valence-electron chi connectivity index (χ4n) is 0.455. The van der Waals surface area contributed by atoms with Gasteiger partial charge in [0.15, 0.2) is 0 Å². The van der Waals surface area contributed by atoms with Crippen molar-refractivity contribution in [2.24, 2.45) is 0 Å². The van der Waals surface area contributed by atoms with Crippen LogP contribution in [-0.2, 0) is 3.45 Å². The van der Waals surface area contributed by atoms with Crippen LogP contribution >= 0.6 is 0 Å². The van der Waals surface area contributed by atoms with Crippen molar-refractivity contribution >= 4 is 23.2 Å². The number of rotatable bonds is 3. The van der Waals surface area contributed by atoms with Gasteiger partial charge in [0.05, 0.1) is 0 Å². The molecular weight excluding hydrogens is 193 g/mol. The average molecular weight is 206 g/mol. The molecule has 0 heterocycles. The Morgan fingerprint density at radius 2 is 2.11 bits per heavy atom. The molecule has 0 amide bonds. The van der Waals surface area contributed by atoms with Crippen molar-refractivity contribution in [1.82, 2.24) is 0 Å². The van der Waals surface area contributed by atoms with Crippen LogP contribution in [0.4, 0.5) is 0 Å². The Morgan fingerprint density at radius 1 is 1.67 bits per heavy atom. The summed E-state index contributed by atoms with van der Waals surface area (Å²) in [5.41, 5.74) is 1.55. The summed E-state index contributed by atoms with van der Waals surface area (Å²) < 4.78 is 5.33. The van der Waals surface area contributed by atoms with E-state index in [9.17, 15) is 4.80 Å². The van der Waals surface area contributed by atoms with Crippen molar-refractivity contribution in [2.45, 2.75) is 18.1 Å². The molecule has 0 saturated carbocycles. The molecule has 4 heteroatoms. The molecule has 0 aliphatic rings. The maximum atomic E-state index is 9.33. The van der Waals surface area contributed by atoms with E-state index in [1.807, 2.05) is 0 Å². The van der Waals surface area contributed by atoms with Crippen molar-refractivity contribution in [3.05, 3.63) is 12.3 Å². The first-order valence-electron chi connectivity index (χ1n) is 2.83. The van der Waals surface area contributed by atoms with Gasteiger partial charge in [-0.15, -0.1) is 0 Å². The van der Waals surface area contributed by atoms with Crippen molar-refractivity contribution < 1.29 is 8.25 Å². The van der Waals surface area contributed by atoms with Gasteiger partial charge >= 0.3 is 61.8 Å². The van der Waals surface area contributed by atoms with Crippen LogP contribution in [0.5, 0.6) is 0 Å². The Bertz CT molecular complexity index is 103. The normalized spacial score (nSPS) is 17.4. The summed E-state index contributed by atoms with van der Waals surface area (Å²) in [7, 11) is -2.40. The zero-order chi connectivity index (χ0) is 7.49. The molecule has 0 aromatic carbocycles. The molecule has 1 N–H and O–H groups in total. The second-order valence-electron chi connectivity index (χ2n) is 2.27. The van der Waals surface area contributed by atoms with Crippen LogP contribution < -0.4 is 0 Å². The Hall–Kier alpha value is 0.420. The summed E-state index contributed by atoms with van der Waals surface area (Å²) in [5.74, 6) is 4.12. The third-order valence-electron chi connectivity index (χ3n) is 0.789. The van der Waals surface area contributed by atoms with Gasteiger partial charge in [-0.05, 0) is 0 Å². The topological polar surface area (TPSA) is 29.5 Å². The Balaban J connectivity index is 3.71. The van der Waals surface area contributed by atoms with E-state index in [2.05, 4.69) is 18.1 Å². The first-order valence-corrected chi connectivity index (χ1v) is 10.3. The fourth-order valence-corrected chi connectivity index (χ4v) is 7.09. The van der Waals surface area contributed by atoms with Gasteiger partial charge < -0.3 is 0 Å². The first kappa shape index (κ1) is 9.42. The van der Waals surface area contributed by atoms with Gasteiger partial charge in [0.1, 0.15) is 0 Å².